The zero-order chi connectivity index (χ0) is 16.0. The van der Waals surface area contributed by atoms with Crippen LogP contribution in [-0.4, -0.2) is 35.1 Å². The highest BCUT2D eigenvalue weighted by Gasteiger charge is 2.36. The summed E-state index contributed by atoms with van der Waals surface area (Å²) >= 11 is 0. The predicted molar refractivity (Wildman–Crippen MR) is 82.8 cm³/mol. The molecule has 1 saturated heterocycles. The number of hydrogen-bond donors (Lipinski definition) is 1. The fourth-order valence-corrected chi connectivity index (χ4v) is 2.06. The number of hydrogen-bond acceptors (Lipinski definition) is 3. The van der Waals surface area contributed by atoms with E-state index in [0.717, 1.165) is 19.3 Å². The first-order chi connectivity index (χ1) is 9.87. The fourth-order valence-electron chi connectivity index (χ4n) is 2.06. The zero-order valence-corrected chi connectivity index (χ0v) is 13.9. The molecule has 1 aliphatic heterocycles. The van der Waals surface area contributed by atoms with Crippen LogP contribution in [0.1, 0.15) is 60.3 Å². The van der Waals surface area contributed by atoms with Crippen molar-refractivity contribution in [3.63, 3.8) is 0 Å². The second-order valence-electron chi connectivity index (χ2n) is 6.14. The standard InChI is InChI=1S/C14H22N2O3.C2H6/c1-14(2,3)19-13(18)16-8-4-5-11(16)12(17)15-9-10-6-7-10;1-2/h9,11H,4-8H2,1-3H3,(H,15,17);1-2H3/t11-;/m0./s1. The molecule has 1 aliphatic carbocycles. The normalized spacial score (nSPS) is 20.3. The van der Waals surface area contributed by atoms with Crippen LogP contribution in [0.4, 0.5) is 4.79 Å². The van der Waals surface area contributed by atoms with Crippen LogP contribution in [0, 0.1) is 0 Å². The maximum atomic E-state index is 12.1. The van der Waals surface area contributed by atoms with E-state index in [4.69, 9.17) is 4.74 Å². The number of rotatable bonds is 2. The van der Waals surface area contributed by atoms with E-state index >= 15 is 0 Å². The Morgan fingerprint density at radius 3 is 2.43 bits per heavy atom. The van der Waals surface area contributed by atoms with Crippen molar-refractivity contribution in [2.75, 3.05) is 6.54 Å². The molecule has 5 nitrogen and oxygen atoms in total. The fraction of sp³-hybridized carbons (Fsp3) is 0.750. The second kappa shape index (κ2) is 7.48. The predicted octanol–water partition coefficient (Wildman–Crippen LogP) is 3.21. The molecule has 0 aromatic rings. The SMILES string of the molecule is CC.CC(C)(C)OC(=O)N1CCC[C@H]1C(=O)NC=C1CC1. The summed E-state index contributed by atoms with van der Waals surface area (Å²) in [6.45, 7) is 10.1. The first-order valence-corrected chi connectivity index (χ1v) is 7.85. The molecule has 0 aromatic carbocycles. The quantitative estimate of drug-likeness (QED) is 0.851. The third-order valence-corrected chi connectivity index (χ3v) is 3.14. The van der Waals surface area contributed by atoms with Gasteiger partial charge >= 0.3 is 6.09 Å². The Hall–Kier alpha value is -1.52. The zero-order valence-electron chi connectivity index (χ0n) is 13.9. The van der Waals surface area contributed by atoms with Crippen molar-refractivity contribution in [1.29, 1.82) is 0 Å². The molecule has 2 rings (SSSR count). The number of nitrogens with one attached hydrogen (secondary N) is 1. The van der Waals surface area contributed by atoms with Crippen molar-refractivity contribution in [2.24, 2.45) is 0 Å². The molecule has 0 spiro atoms. The van der Waals surface area contributed by atoms with Gasteiger partial charge in [-0.15, -0.1) is 0 Å². The minimum absolute atomic E-state index is 0.109. The molecule has 1 heterocycles. The van der Waals surface area contributed by atoms with Crippen molar-refractivity contribution in [3.8, 4) is 0 Å². The van der Waals surface area contributed by atoms with Gasteiger partial charge in [-0.2, -0.15) is 0 Å². The van der Waals surface area contributed by atoms with Gasteiger partial charge in [0.15, 0.2) is 0 Å². The number of allylic oxidation sites excluding steroid dienone is 1. The second-order valence-corrected chi connectivity index (χ2v) is 6.14. The van der Waals surface area contributed by atoms with E-state index in [9.17, 15) is 9.59 Å². The van der Waals surface area contributed by atoms with E-state index < -0.39 is 17.7 Å². The average molecular weight is 296 g/mol. The van der Waals surface area contributed by atoms with Crippen molar-refractivity contribution in [3.05, 3.63) is 11.8 Å². The van der Waals surface area contributed by atoms with E-state index in [0.29, 0.717) is 13.0 Å². The molecular formula is C16H28N2O3. The Morgan fingerprint density at radius 1 is 1.29 bits per heavy atom. The van der Waals surface area contributed by atoms with E-state index in [1.54, 1.807) is 6.20 Å². The van der Waals surface area contributed by atoms with Crippen molar-refractivity contribution >= 4 is 12.0 Å². The van der Waals surface area contributed by atoms with Crippen LogP contribution in [-0.2, 0) is 9.53 Å². The molecule has 120 valence electrons. The number of carbonyl (C=O) groups is 2. The highest BCUT2D eigenvalue weighted by molar-refractivity contribution is 5.87. The molecule has 1 saturated carbocycles. The molecule has 2 fully saturated rings. The summed E-state index contributed by atoms with van der Waals surface area (Å²) in [5, 5.41) is 2.78. The summed E-state index contributed by atoms with van der Waals surface area (Å²) in [5.41, 5.74) is 0.728. The van der Waals surface area contributed by atoms with Gasteiger partial charge in [-0.1, -0.05) is 19.4 Å². The van der Waals surface area contributed by atoms with Crippen LogP contribution in [0.3, 0.4) is 0 Å². The lowest BCUT2D eigenvalue weighted by Crippen LogP contribution is -2.46. The van der Waals surface area contributed by atoms with Crippen LogP contribution in [0.25, 0.3) is 0 Å². The lowest BCUT2D eigenvalue weighted by atomic mass is 10.2. The number of ether oxygens (including phenoxy) is 1. The van der Waals surface area contributed by atoms with Gasteiger partial charge in [-0.3, -0.25) is 9.69 Å². The molecular weight excluding hydrogens is 268 g/mol. The molecule has 21 heavy (non-hydrogen) atoms. The molecule has 2 aliphatic rings. The smallest absolute Gasteiger partial charge is 0.410 e. The number of likely N-dealkylation sites (tertiary alicyclic amines) is 1. The topological polar surface area (TPSA) is 58.6 Å². The highest BCUT2D eigenvalue weighted by atomic mass is 16.6. The summed E-state index contributed by atoms with van der Waals surface area (Å²) in [4.78, 5) is 25.6. The highest BCUT2D eigenvalue weighted by Crippen LogP contribution is 2.26. The van der Waals surface area contributed by atoms with Crippen molar-refractivity contribution in [1.82, 2.24) is 10.2 Å². The first-order valence-electron chi connectivity index (χ1n) is 7.85. The van der Waals surface area contributed by atoms with Gasteiger partial charge in [0.05, 0.1) is 0 Å². The minimum atomic E-state index is -0.531. The van der Waals surface area contributed by atoms with E-state index in [1.165, 1.54) is 10.5 Å². The third-order valence-electron chi connectivity index (χ3n) is 3.14. The van der Waals surface area contributed by atoms with Gasteiger partial charge in [-0.05, 0) is 46.5 Å². The van der Waals surface area contributed by atoms with Crippen LogP contribution < -0.4 is 5.32 Å². The molecule has 2 amide bonds. The van der Waals surface area contributed by atoms with E-state index in [-0.39, 0.29) is 5.91 Å². The van der Waals surface area contributed by atoms with Crippen LogP contribution in [0.5, 0.6) is 0 Å². The average Bonchev–Trinajstić information content (AvgIpc) is 3.10. The maximum absolute atomic E-state index is 12.1. The minimum Gasteiger partial charge on any atom is -0.444 e. The van der Waals surface area contributed by atoms with E-state index in [1.807, 2.05) is 34.6 Å². The van der Waals surface area contributed by atoms with Crippen LogP contribution in [0.2, 0.25) is 0 Å². The number of amides is 2. The molecule has 0 bridgehead atoms. The number of carbonyl (C=O) groups excluding carboxylic acids is 2. The van der Waals surface area contributed by atoms with Gasteiger partial charge in [0.2, 0.25) is 5.91 Å². The van der Waals surface area contributed by atoms with Crippen molar-refractivity contribution < 1.29 is 14.3 Å². The summed E-state index contributed by atoms with van der Waals surface area (Å²) in [6, 6.07) is -0.398. The Balaban J connectivity index is 0.00000106. The molecule has 5 heteroatoms. The summed E-state index contributed by atoms with van der Waals surface area (Å²) < 4.78 is 5.33. The lowest BCUT2D eigenvalue weighted by Gasteiger charge is -2.27. The largest absolute Gasteiger partial charge is 0.444 e. The summed E-state index contributed by atoms with van der Waals surface area (Å²) in [7, 11) is 0. The molecule has 0 aromatic heterocycles. The van der Waals surface area contributed by atoms with Gasteiger partial charge in [0, 0.05) is 12.7 Å². The Labute approximate surface area is 127 Å². The number of nitrogens with zero attached hydrogens (tertiary/aromatic N) is 1. The Morgan fingerprint density at radius 2 is 1.90 bits per heavy atom. The molecule has 1 N–H and O–H groups in total. The lowest BCUT2D eigenvalue weighted by molar-refractivity contribution is -0.124. The van der Waals surface area contributed by atoms with Gasteiger partial charge in [0.1, 0.15) is 11.6 Å². The first kappa shape index (κ1) is 17.5. The third kappa shape index (κ3) is 5.78. The molecule has 1 atom stereocenters. The van der Waals surface area contributed by atoms with Crippen molar-refractivity contribution in [2.45, 2.75) is 71.9 Å². The van der Waals surface area contributed by atoms with Crippen LogP contribution in [0.15, 0.2) is 11.8 Å². The van der Waals surface area contributed by atoms with Crippen LogP contribution >= 0.6 is 0 Å². The monoisotopic (exact) mass is 296 g/mol. The van der Waals surface area contributed by atoms with Gasteiger partial charge in [-0.25, -0.2) is 4.79 Å². The Kier molecular flexibility index (Phi) is 6.24. The molecule has 0 radical (unpaired) electrons. The Bertz CT molecular complexity index is 404. The summed E-state index contributed by atoms with van der Waals surface area (Å²) in [6.07, 6.45) is 5.06. The summed E-state index contributed by atoms with van der Waals surface area (Å²) in [5.74, 6) is -0.109. The van der Waals surface area contributed by atoms with Gasteiger partial charge in [0.25, 0.3) is 0 Å². The van der Waals surface area contributed by atoms with E-state index in [2.05, 4.69) is 5.32 Å². The molecule has 0 unspecified atom stereocenters. The maximum Gasteiger partial charge on any atom is 0.410 e. The van der Waals surface area contributed by atoms with Gasteiger partial charge < -0.3 is 10.1 Å².